The Bertz CT molecular complexity index is 1030. The fraction of sp³-hybridized carbons (Fsp3) is 0.450. The number of carbonyl (C=O) groups excluding carboxylic acids is 1. The lowest BCUT2D eigenvalue weighted by molar-refractivity contribution is -0.121. The molecule has 4 atom stereocenters. The lowest BCUT2D eigenvalue weighted by Gasteiger charge is -2.31. The molecule has 0 radical (unpaired) electrons. The molecule has 0 bridgehead atoms. The summed E-state index contributed by atoms with van der Waals surface area (Å²) in [7, 11) is 0. The highest BCUT2D eigenvalue weighted by Crippen LogP contribution is 2.25. The normalized spacial score (nSPS) is 26.6. The number of aromatic amines is 1. The molecule has 2 aliphatic rings. The number of nitrogens with one attached hydrogen (secondary N) is 3. The lowest BCUT2D eigenvalue weighted by atomic mass is 9.91. The maximum Gasteiger partial charge on any atom is 0.252 e. The Morgan fingerprint density at radius 1 is 1.46 bits per heavy atom. The fourth-order valence-electron chi connectivity index (χ4n) is 4.15. The van der Waals surface area contributed by atoms with Gasteiger partial charge in [-0.2, -0.15) is 5.26 Å². The molecule has 1 aromatic heterocycles. The van der Waals surface area contributed by atoms with E-state index in [9.17, 15) is 14.0 Å². The summed E-state index contributed by atoms with van der Waals surface area (Å²) in [5, 5.41) is 15.9. The molecule has 3 heterocycles. The van der Waals surface area contributed by atoms with Crippen LogP contribution in [0.15, 0.2) is 23.0 Å². The molecule has 3 N–H and O–H groups in total. The van der Waals surface area contributed by atoms with Gasteiger partial charge in [0.2, 0.25) is 5.91 Å². The van der Waals surface area contributed by atoms with Crippen LogP contribution in [-0.4, -0.2) is 42.2 Å². The number of carbonyl (C=O) groups is 1. The summed E-state index contributed by atoms with van der Waals surface area (Å²) in [4.78, 5) is 27.7. The van der Waals surface area contributed by atoms with Gasteiger partial charge in [0.25, 0.3) is 5.56 Å². The SMILES string of the molecule is Cc1c(CC(=O)N[C@@H]2COC3CC(C#N)CNC32)c(=O)[nH]c2ccc(F)cc12. The van der Waals surface area contributed by atoms with E-state index in [2.05, 4.69) is 21.7 Å². The molecule has 0 aliphatic carbocycles. The quantitative estimate of drug-likeness (QED) is 0.729. The standard InChI is InChI=1S/C20H21FN4O3/c1-10-13-5-12(21)2-3-15(13)25-20(27)14(10)6-18(26)24-16-9-28-17-4-11(7-22)8-23-19(16)17/h2-3,5,11,16-17,19,23H,4,6,8-9H2,1H3,(H,24,26)(H,25,27)/t11?,16-,17?,19?/m1/s1. The van der Waals surface area contributed by atoms with Gasteiger partial charge in [-0.05, 0) is 37.1 Å². The second-order valence-corrected chi connectivity index (χ2v) is 7.47. The van der Waals surface area contributed by atoms with Crippen LogP contribution in [0.25, 0.3) is 10.9 Å². The number of benzene rings is 1. The van der Waals surface area contributed by atoms with Crippen LogP contribution in [0, 0.1) is 30.0 Å². The zero-order valence-corrected chi connectivity index (χ0v) is 15.4. The van der Waals surface area contributed by atoms with Crippen molar-refractivity contribution in [3.63, 3.8) is 0 Å². The summed E-state index contributed by atoms with van der Waals surface area (Å²) in [5.41, 5.74) is 1.12. The van der Waals surface area contributed by atoms with Gasteiger partial charge in [-0.15, -0.1) is 0 Å². The van der Waals surface area contributed by atoms with Crippen molar-refractivity contribution >= 4 is 16.8 Å². The number of hydrogen-bond acceptors (Lipinski definition) is 5. The Morgan fingerprint density at radius 2 is 2.29 bits per heavy atom. The maximum absolute atomic E-state index is 13.6. The van der Waals surface area contributed by atoms with Crippen LogP contribution in [0.4, 0.5) is 4.39 Å². The highest BCUT2D eigenvalue weighted by Gasteiger charge is 2.42. The van der Waals surface area contributed by atoms with Crippen molar-refractivity contribution in [1.29, 1.82) is 5.26 Å². The first-order valence-electron chi connectivity index (χ1n) is 9.31. The third-order valence-electron chi connectivity index (χ3n) is 5.67. The second-order valence-electron chi connectivity index (χ2n) is 7.47. The molecular weight excluding hydrogens is 363 g/mol. The van der Waals surface area contributed by atoms with E-state index in [0.717, 1.165) is 0 Å². The van der Waals surface area contributed by atoms with E-state index in [0.29, 0.717) is 41.6 Å². The summed E-state index contributed by atoms with van der Waals surface area (Å²) in [6.45, 7) is 2.66. The van der Waals surface area contributed by atoms with Gasteiger partial charge in [-0.3, -0.25) is 9.59 Å². The average molecular weight is 384 g/mol. The number of rotatable bonds is 3. The Labute approximate surface area is 160 Å². The van der Waals surface area contributed by atoms with Crippen LogP contribution >= 0.6 is 0 Å². The highest BCUT2D eigenvalue weighted by atomic mass is 19.1. The number of halogens is 1. The first kappa shape index (κ1) is 18.6. The van der Waals surface area contributed by atoms with Crippen molar-refractivity contribution in [3.05, 3.63) is 45.5 Å². The van der Waals surface area contributed by atoms with Crippen LogP contribution < -0.4 is 16.2 Å². The number of amides is 1. The van der Waals surface area contributed by atoms with Crippen molar-refractivity contribution < 1.29 is 13.9 Å². The van der Waals surface area contributed by atoms with Gasteiger partial charge in [-0.25, -0.2) is 4.39 Å². The van der Waals surface area contributed by atoms with Crippen molar-refractivity contribution in [1.82, 2.24) is 15.6 Å². The van der Waals surface area contributed by atoms with Gasteiger partial charge < -0.3 is 20.4 Å². The van der Waals surface area contributed by atoms with Gasteiger partial charge in [0.05, 0.1) is 43.2 Å². The molecule has 4 rings (SSSR count). The number of piperidine rings is 1. The van der Waals surface area contributed by atoms with Crippen LogP contribution in [0.1, 0.15) is 17.5 Å². The van der Waals surface area contributed by atoms with Crippen LogP contribution in [-0.2, 0) is 16.0 Å². The molecule has 28 heavy (non-hydrogen) atoms. The molecule has 1 amide bonds. The zero-order chi connectivity index (χ0) is 19.8. The Balaban J connectivity index is 1.49. The van der Waals surface area contributed by atoms with Crippen molar-refractivity contribution in [3.8, 4) is 6.07 Å². The number of H-pyrrole nitrogens is 1. The van der Waals surface area contributed by atoms with E-state index in [4.69, 9.17) is 10.00 Å². The summed E-state index contributed by atoms with van der Waals surface area (Å²) >= 11 is 0. The third kappa shape index (κ3) is 3.39. The largest absolute Gasteiger partial charge is 0.374 e. The van der Waals surface area contributed by atoms with E-state index >= 15 is 0 Å². The Morgan fingerprint density at radius 3 is 3.07 bits per heavy atom. The fourth-order valence-corrected chi connectivity index (χ4v) is 4.15. The molecule has 2 fully saturated rings. The van der Waals surface area contributed by atoms with Gasteiger partial charge in [0.15, 0.2) is 0 Å². The van der Waals surface area contributed by atoms with Gasteiger partial charge >= 0.3 is 0 Å². The minimum atomic E-state index is -0.397. The topological polar surface area (TPSA) is 107 Å². The zero-order valence-electron chi connectivity index (χ0n) is 15.4. The number of hydrogen-bond donors (Lipinski definition) is 3. The van der Waals surface area contributed by atoms with E-state index in [1.54, 1.807) is 6.92 Å². The minimum Gasteiger partial charge on any atom is -0.374 e. The van der Waals surface area contributed by atoms with E-state index in [1.807, 2.05) is 0 Å². The monoisotopic (exact) mass is 384 g/mol. The van der Waals surface area contributed by atoms with Gasteiger partial charge in [0, 0.05) is 23.0 Å². The maximum atomic E-state index is 13.6. The molecule has 2 aromatic rings. The molecule has 8 heteroatoms. The molecule has 1 aromatic carbocycles. The van der Waals surface area contributed by atoms with Crippen molar-refractivity contribution in [2.75, 3.05) is 13.2 Å². The first-order chi connectivity index (χ1) is 13.5. The van der Waals surface area contributed by atoms with Crippen LogP contribution in [0.5, 0.6) is 0 Å². The van der Waals surface area contributed by atoms with Gasteiger partial charge in [-0.1, -0.05) is 0 Å². The summed E-state index contributed by atoms with van der Waals surface area (Å²) in [6.07, 6.45) is 0.454. The molecule has 3 unspecified atom stereocenters. The van der Waals surface area contributed by atoms with Crippen LogP contribution in [0.2, 0.25) is 0 Å². The minimum absolute atomic E-state index is 0.0429. The molecule has 7 nitrogen and oxygen atoms in total. The van der Waals surface area contributed by atoms with E-state index < -0.39 is 5.82 Å². The van der Waals surface area contributed by atoms with Crippen molar-refractivity contribution in [2.45, 2.75) is 38.0 Å². The Kier molecular flexibility index (Phi) is 4.87. The molecular formula is C20H21FN4O3. The third-order valence-corrected chi connectivity index (χ3v) is 5.67. The summed E-state index contributed by atoms with van der Waals surface area (Å²) in [6, 6.07) is 6.14. The number of fused-ring (bicyclic) bond motifs is 2. The lowest BCUT2D eigenvalue weighted by Crippen LogP contribution is -2.56. The Hall–Kier alpha value is -2.76. The first-order valence-corrected chi connectivity index (χ1v) is 9.31. The summed E-state index contributed by atoms with van der Waals surface area (Å²) in [5.74, 6) is -0.774. The van der Waals surface area contributed by atoms with E-state index in [-0.39, 0.29) is 42.0 Å². The molecule has 2 saturated heterocycles. The molecule has 146 valence electrons. The predicted molar refractivity (Wildman–Crippen MR) is 100 cm³/mol. The van der Waals surface area contributed by atoms with Gasteiger partial charge in [0.1, 0.15) is 5.82 Å². The van der Waals surface area contributed by atoms with E-state index in [1.165, 1.54) is 18.2 Å². The molecule has 2 aliphatic heterocycles. The average Bonchev–Trinajstić information content (AvgIpc) is 3.07. The number of aromatic nitrogens is 1. The molecule has 0 saturated carbocycles. The smallest absolute Gasteiger partial charge is 0.252 e. The van der Waals surface area contributed by atoms with Crippen LogP contribution in [0.3, 0.4) is 0 Å². The predicted octanol–water partition coefficient (Wildman–Crippen LogP) is 0.903. The number of pyridine rings is 1. The highest BCUT2D eigenvalue weighted by molar-refractivity contribution is 5.85. The second kappa shape index (κ2) is 7.34. The summed E-state index contributed by atoms with van der Waals surface area (Å²) < 4.78 is 19.3. The molecule has 0 spiro atoms. The number of nitriles is 1. The van der Waals surface area contributed by atoms with Crippen molar-refractivity contribution in [2.24, 2.45) is 5.92 Å². The number of aryl methyl sites for hydroxylation is 1. The number of ether oxygens (including phenoxy) is 1. The number of nitrogens with zero attached hydrogens (tertiary/aromatic N) is 1.